The van der Waals surface area contributed by atoms with Crippen molar-refractivity contribution in [3.05, 3.63) is 29.3 Å². The van der Waals surface area contributed by atoms with Crippen LogP contribution in [0.1, 0.15) is 19.3 Å². The molecular formula is C12H11F4NOS. The molecule has 0 aromatic heterocycles. The van der Waals surface area contributed by atoms with Gasteiger partial charge in [-0.05, 0) is 12.8 Å². The maximum atomic E-state index is 13.3. The molecule has 2 rings (SSSR count). The van der Waals surface area contributed by atoms with E-state index in [1.165, 1.54) is 0 Å². The summed E-state index contributed by atoms with van der Waals surface area (Å²) >= 11 is 4.76. The maximum absolute atomic E-state index is 13.3. The zero-order valence-corrected chi connectivity index (χ0v) is 10.6. The minimum absolute atomic E-state index is 0.0823. The topological polar surface area (TPSA) is 35.2 Å². The van der Waals surface area contributed by atoms with Gasteiger partial charge in [-0.3, -0.25) is 0 Å². The minimum atomic E-state index is -1.54. The highest BCUT2D eigenvalue weighted by molar-refractivity contribution is 7.80. The van der Waals surface area contributed by atoms with Gasteiger partial charge in [-0.2, -0.15) is 8.78 Å². The number of nitrogens with two attached hydrogens (primary N) is 1. The molecule has 0 amide bonds. The van der Waals surface area contributed by atoms with E-state index in [0.717, 1.165) is 12.8 Å². The molecule has 0 heterocycles. The Balaban J connectivity index is 2.14. The highest BCUT2D eigenvalue weighted by Crippen LogP contribution is 2.49. The molecule has 0 aliphatic heterocycles. The van der Waals surface area contributed by atoms with Gasteiger partial charge < -0.3 is 10.5 Å². The van der Waals surface area contributed by atoms with Crippen molar-refractivity contribution in [3.8, 4) is 5.75 Å². The van der Waals surface area contributed by atoms with Crippen molar-refractivity contribution in [2.45, 2.75) is 19.3 Å². The molecule has 1 saturated carbocycles. The van der Waals surface area contributed by atoms with Crippen molar-refractivity contribution in [1.29, 1.82) is 0 Å². The molecule has 19 heavy (non-hydrogen) atoms. The summed E-state index contributed by atoms with van der Waals surface area (Å²) in [5, 5.41) is 0. The molecule has 1 aromatic carbocycles. The summed E-state index contributed by atoms with van der Waals surface area (Å²) in [7, 11) is 0. The maximum Gasteiger partial charge on any atom is 0.203 e. The molecule has 1 fully saturated rings. The van der Waals surface area contributed by atoms with Gasteiger partial charge in [0.05, 0.1) is 11.6 Å². The van der Waals surface area contributed by atoms with E-state index in [1.807, 2.05) is 0 Å². The molecule has 1 aliphatic carbocycles. The van der Waals surface area contributed by atoms with Crippen molar-refractivity contribution in [1.82, 2.24) is 0 Å². The van der Waals surface area contributed by atoms with Crippen molar-refractivity contribution in [3.63, 3.8) is 0 Å². The lowest BCUT2D eigenvalue weighted by molar-refractivity contribution is 0.213. The third kappa shape index (κ3) is 2.97. The minimum Gasteiger partial charge on any atom is -0.487 e. The first-order valence-electron chi connectivity index (χ1n) is 5.59. The molecule has 0 atom stereocenters. The second kappa shape index (κ2) is 4.96. The molecule has 1 aliphatic rings. The van der Waals surface area contributed by atoms with Gasteiger partial charge in [0, 0.05) is 17.9 Å². The van der Waals surface area contributed by atoms with E-state index in [-0.39, 0.29) is 23.1 Å². The summed E-state index contributed by atoms with van der Waals surface area (Å²) in [6.07, 6.45) is 1.86. The Morgan fingerprint density at radius 1 is 1.21 bits per heavy atom. The number of thiocarbonyl (C=S) groups is 1. The van der Waals surface area contributed by atoms with Crippen LogP contribution < -0.4 is 10.5 Å². The van der Waals surface area contributed by atoms with Crippen LogP contribution in [0.3, 0.4) is 0 Å². The number of hydrogen-bond acceptors (Lipinski definition) is 2. The quantitative estimate of drug-likeness (QED) is 0.515. The molecule has 2 nitrogen and oxygen atoms in total. The monoisotopic (exact) mass is 293 g/mol. The Kier molecular flexibility index (Phi) is 3.66. The summed E-state index contributed by atoms with van der Waals surface area (Å²) < 4.78 is 57.5. The molecule has 1 aromatic rings. The van der Waals surface area contributed by atoms with E-state index in [1.54, 1.807) is 0 Å². The molecule has 0 saturated heterocycles. The van der Waals surface area contributed by atoms with E-state index in [9.17, 15) is 17.6 Å². The number of hydrogen-bond donors (Lipinski definition) is 1. The second-order valence-electron chi connectivity index (χ2n) is 4.73. The van der Waals surface area contributed by atoms with Crippen LogP contribution >= 0.6 is 12.2 Å². The van der Waals surface area contributed by atoms with Crippen LogP contribution in [0.15, 0.2) is 6.07 Å². The summed E-state index contributed by atoms with van der Waals surface area (Å²) in [6, 6.07) is 0.138. The Morgan fingerprint density at radius 2 is 1.74 bits per heavy atom. The van der Waals surface area contributed by atoms with Gasteiger partial charge in [-0.1, -0.05) is 12.2 Å². The fraction of sp³-hybridized carbons (Fsp3) is 0.417. The highest BCUT2D eigenvalue weighted by atomic mass is 32.1. The second-order valence-corrected chi connectivity index (χ2v) is 5.25. The molecule has 104 valence electrons. The van der Waals surface area contributed by atoms with Crippen LogP contribution in [0.4, 0.5) is 17.6 Å². The summed E-state index contributed by atoms with van der Waals surface area (Å²) in [5.74, 6) is -7.09. The molecule has 0 unspecified atom stereocenters. The third-order valence-electron chi connectivity index (χ3n) is 3.10. The average Bonchev–Trinajstić information content (AvgIpc) is 3.06. The van der Waals surface area contributed by atoms with Crippen LogP contribution in [0.5, 0.6) is 5.75 Å². The smallest absolute Gasteiger partial charge is 0.203 e. The number of rotatable bonds is 5. The van der Waals surface area contributed by atoms with E-state index < -0.39 is 29.0 Å². The Bertz CT molecular complexity index is 505. The van der Waals surface area contributed by atoms with Gasteiger partial charge in [0.15, 0.2) is 17.4 Å². The Morgan fingerprint density at radius 3 is 2.16 bits per heavy atom. The summed E-state index contributed by atoms with van der Waals surface area (Å²) in [4.78, 5) is 0.271. The lowest BCUT2D eigenvalue weighted by Gasteiger charge is -2.16. The number of halogens is 4. The Hall–Kier alpha value is -1.37. The van der Waals surface area contributed by atoms with Crippen molar-refractivity contribution in [2.75, 3.05) is 6.61 Å². The van der Waals surface area contributed by atoms with Gasteiger partial charge in [0.2, 0.25) is 11.6 Å². The Labute approximate surface area is 112 Å². The summed E-state index contributed by atoms with van der Waals surface area (Å²) in [6.45, 7) is -0.0823. The first-order chi connectivity index (χ1) is 8.84. The molecular weight excluding hydrogens is 282 g/mol. The molecule has 0 radical (unpaired) electrons. The van der Waals surface area contributed by atoms with Crippen LogP contribution in [-0.2, 0) is 0 Å². The first-order valence-corrected chi connectivity index (χ1v) is 5.99. The number of benzene rings is 1. The molecule has 0 bridgehead atoms. The van der Waals surface area contributed by atoms with Crippen LogP contribution in [-0.4, -0.2) is 11.6 Å². The van der Waals surface area contributed by atoms with Gasteiger partial charge in [-0.15, -0.1) is 0 Å². The molecule has 0 spiro atoms. The van der Waals surface area contributed by atoms with Gasteiger partial charge in [-0.25, -0.2) is 8.78 Å². The average molecular weight is 293 g/mol. The van der Waals surface area contributed by atoms with Crippen LogP contribution in [0.2, 0.25) is 0 Å². The van der Waals surface area contributed by atoms with E-state index in [2.05, 4.69) is 0 Å². The standard InChI is InChI=1S/C12H11F4NOS/c13-6-3-7(14)10(16)11(9(6)15)18-5-12(1-2-12)4-8(17)19/h3H,1-2,4-5H2,(H2,17,19). The van der Waals surface area contributed by atoms with Crippen molar-refractivity contribution in [2.24, 2.45) is 11.1 Å². The molecule has 7 heteroatoms. The predicted octanol–water partition coefficient (Wildman–Crippen LogP) is 3.08. The van der Waals surface area contributed by atoms with Gasteiger partial charge in [0.1, 0.15) is 0 Å². The van der Waals surface area contributed by atoms with Crippen molar-refractivity contribution < 1.29 is 22.3 Å². The van der Waals surface area contributed by atoms with E-state index in [4.69, 9.17) is 22.7 Å². The van der Waals surface area contributed by atoms with Crippen LogP contribution in [0, 0.1) is 28.7 Å². The third-order valence-corrected chi connectivity index (χ3v) is 3.24. The SMILES string of the molecule is NC(=S)CC1(COc2c(F)c(F)cc(F)c2F)CC1. The van der Waals surface area contributed by atoms with Gasteiger partial charge >= 0.3 is 0 Å². The first kappa shape index (κ1) is 14.0. The van der Waals surface area contributed by atoms with Crippen LogP contribution in [0.25, 0.3) is 0 Å². The zero-order chi connectivity index (χ0) is 14.2. The van der Waals surface area contributed by atoms with E-state index >= 15 is 0 Å². The zero-order valence-electron chi connectivity index (χ0n) is 9.81. The number of ether oxygens (including phenoxy) is 1. The fourth-order valence-electron chi connectivity index (χ4n) is 1.82. The van der Waals surface area contributed by atoms with E-state index in [0.29, 0.717) is 6.42 Å². The normalized spacial score (nSPS) is 16.2. The lowest BCUT2D eigenvalue weighted by Crippen LogP contribution is -2.21. The fourth-order valence-corrected chi connectivity index (χ4v) is 2.13. The lowest BCUT2D eigenvalue weighted by atomic mass is 10.0. The van der Waals surface area contributed by atoms with Crippen molar-refractivity contribution >= 4 is 17.2 Å². The largest absolute Gasteiger partial charge is 0.487 e. The highest BCUT2D eigenvalue weighted by Gasteiger charge is 2.44. The predicted molar refractivity (Wildman–Crippen MR) is 64.8 cm³/mol. The molecule has 2 N–H and O–H groups in total. The van der Waals surface area contributed by atoms with Gasteiger partial charge in [0.25, 0.3) is 0 Å². The summed E-state index contributed by atoms with van der Waals surface area (Å²) in [5.41, 5.74) is 5.04.